The van der Waals surface area contributed by atoms with Crippen LogP contribution in [0.4, 0.5) is 4.39 Å². The van der Waals surface area contributed by atoms with Crippen LogP contribution < -0.4 is 5.32 Å². The number of aromatic nitrogens is 1. The average molecular weight is 405 g/mol. The minimum atomic E-state index is -0.374. The molecule has 154 valence electrons. The third-order valence-corrected chi connectivity index (χ3v) is 5.59. The Labute approximate surface area is 174 Å². The van der Waals surface area contributed by atoms with E-state index in [0.717, 1.165) is 5.56 Å². The van der Waals surface area contributed by atoms with Gasteiger partial charge in [-0.05, 0) is 43.5 Å². The van der Waals surface area contributed by atoms with Crippen LogP contribution >= 0.6 is 0 Å². The molecular formula is C24H24FN3O2. The van der Waals surface area contributed by atoms with Crippen LogP contribution in [0.25, 0.3) is 10.9 Å². The summed E-state index contributed by atoms with van der Waals surface area (Å²) in [6.07, 6.45) is 1.26. The molecule has 1 fully saturated rings. The fourth-order valence-electron chi connectivity index (χ4n) is 3.96. The Morgan fingerprint density at radius 1 is 1.10 bits per heavy atom. The molecule has 2 amide bonds. The molecule has 0 atom stereocenters. The third-order valence-electron chi connectivity index (χ3n) is 5.59. The Morgan fingerprint density at radius 2 is 1.83 bits per heavy atom. The number of carbonyl (C=O) groups excluding carboxylic acids is 2. The summed E-state index contributed by atoms with van der Waals surface area (Å²) in [5.74, 6) is -0.531. The van der Waals surface area contributed by atoms with Gasteiger partial charge in [-0.2, -0.15) is 0 Å². The SMILES string of the molecule is Cc1cc(C(=O)N2CCC(C(=O)NCc3ccccc3)CC2)c2ccc(F)cc2n1. The smallest absolute Gasteiger partial charge is 0.254 e. The second-order valence-corrected chi connectivity index (χ2v) is 7.74. The van der Waals surface area contributed by atoms with Crippen LogP contribution in [0.15, 0.2) is 54.6 Å². The first-order valence-corrected chi connectivity index (χ1v) is 10.2. The lowest BCUT2D eigenvalue weighted by molar-refractivity contribution is -0.126. The van der Waals surface area contributed by atoms with Crippen molar-refractivity contribution in [1.82, 2.24) is 15.2 Å². The molecule has 0 aliphatic carbocycles. The summed E-state index contributed by atoms with van der Waals surface area (Å²) in [6, 6.07) is 15.9. The summed E-state index contributed by atoms with van der Waals surface area (Å²) in [5.41, 5.74) is 2.75. The molecule has 1 N–H and O–H groups in total. The second kappa shape index (κ2) is 8.61. The Balaban J connectivity index is 1.40. The highest BCUT2D eigenvalue weighted by atomic mass is 19.1. The van der Waals surface area contributed by atoms with Crippen molar-refractivity contribution in [2.24, 2.45) is 5.92 Å². The lowest BCUT2D eigenvalue weighted by Crippen LogP contribution is -2.43. The van der Waals surface area contributed by atoms with Crippen LogP contribution in [0.5, 0.6) is 0 Å². The minimum absolute atomic E-state index is 0.0339. The monoisotopic (exact) mass is 405 g/mol. The fraction of sp³-hybridized carbons (Fsp3) is 0.292. The maximum absolute atomic E-state index is 13.6. The van der Waals surface area contributed by atoms with Crippen molar-refractivity contribution in [3.63, 3.8) is 0 Å². The average Bonchev–Trinajstić information content (AvgIpc) is 2.77. The Morgan fingerprint density at radius 3 is 2.57 bits per heavy atom. The zero-order chi connectivity index (χ0) is 21.1. The predicted octanol–water partition coefficient (Wildman–Crippen LogP) is 3.85. The van der Waals surface area contributed by atoms with Gasteiger partial charge in [0.05, 0.1) is 11.1 Å². The van der Waals surface area contributed by atoms with Crippen LogP contribution in [-0.4, -0.2) is 34.8 Å². The van der Waals surface area contributed by atoms with E-state index in [1.54, 1.807) is 24.0 Å². The first-order valence-electron chi connectivity index (χ1n) is 10.2. The molecule has 6 heteroatoms. The van der Waals surface area contributed by atoms with E-state index in [1.165, 1.54) is 12.1 Å². The number of nitrogens with one attached hydrogen (secondary N) is 1. The zero-order valence-electron chi connectivity index (χ0n) is 16.9. The van der Waals surface area contributed by atoms with Crippen molar-refractivity contribution in [1.29, 1.82) is 0 Å². The van der Waals surface area contributed by atoms with Gasteiger partial charge in [-0.3, -0.25) is 14.6 Å². The van der Waals surface area contributed by atoms with Crippen LogP contribution in [0.3, 0.4) is 0 Å². The van der Waals surface area contributed by atoms with E-state index in [1.807, 2.05) is 30.3 Å². The number of piperidine rings is 1. The molecule has 1 saturated heterocycles. The molecule has 5 nitrogen and oxygen atoms in total. The first kappa shape index (κ1) is 20.0. The van der Waals surface area contributed by atoms with Gasteiger partial charge in [-0.1, -0.05) is 30.3 Å². The normalized spacial score (nSPS) is 14.7. The molecule has 1 aliphatic heterocycles. The van der Waals surface area contributed by atoms with E-state index in [0.29, 0.717) is 54.6 Å². The van der Waals surface area contributed by atoms with Gasteiger partial charge in [-0.25, -0.2) is 4.39 Å². The molecule has 3 aromatic rings. The maximum Gasteiger partial charge on any atom is 0.254 e. The number of benzene rings is 2. The van der Waals surface area contributed by atoms with Crippen molar-refractivity contribution >= 4 is 22.7 Å². The van der Waals surface area contributed by atoms with E-state index in [9.17, 15) is 14.0 Å². The largest absolute Gasteiger partial charge is 0.352 e. The minimum Gasteiger partial charge on any atom is -0.352 e. The van der Waals surface area contributed by atoms with Gasteiger partial charge in [-0.15, -0.1) is 0 Å². The van der Waals surface area contributed by atoms with Crippen LogP contribution in [0.2, 0.25) is 0 Å². The number of likely N-dealkylation sites (tertiary alicyclic amines) is 1. The van der Waals surface area contributed by atoms with E-state index >= 15 is 0 Å². The number of fused-ring (bicyclic) bond motifs is 1. The first-order chi connectivity index (χ1) is 14.5. The van der Waals surface area contributed by atoms with Crippen molar-refractivity contribution in [2.75, 3.05) is 13.1 Å². The van der Waals surface area contributed by atoms with Crippen LogP contribution in [0, 0.1) is 18.7 Å². The number of amides is 2. The van der Waals surface area contributed by atoms with Gasteiger partial charge < -0.3 is 10.2 Å². The fourth-order valence-corrected chi connectivity index (χ4v) is 3.96. The van der Waals surface area contributed by atoms with Gasteiger partial charge >= 0.3 is 0 Å². The Bertz CT molecular complexity index is 1070. The number of aryl methyl sites for hydroxylation is 1. The molecule has 1 aliphatic rings. The number of nitrogens with zero attached hydrogens (tertiary/aromatic N) is 2. The number of pyridine rings is 1. The number of halogens is 1. The molecule has 0 bridgehead atoms. The summed E-state index contributed by atoms with van der Waals surface area (Å²) in [4.78, 5) is 31.8. The number of hydrogen-bond donors (Lipinski definition) is 1. The quantitative estimate of drug-likeness (QED) is 0.717. The molecule has 0 unspecified atom stereocenters. The highest BCUT2D eigenvalue weighted by molar-refractivity contribution is 6.06. The van der Waals surface area contributed by atoms with Gasteiger partial charge in [0.2, 0.25) is 5.91 Å². The molecular weight excluding hydrogens is 381 g/mol. The predicted molar refractivity (Wildman–Crippen MR) is 113 cm³/mol. The molecule has 0 saturated carbocycles. The Hall–Kier alpha value is -3.28. The number of hydrogen-bond acceptors (Lipinski definition) is 3. The van der Waals surface area contributed by atoms with Crippen molar-refractivity contribution in [3.05, 3.63) is 77.2 Å². The Kier molecular flexibility index (Phi) is 5.74. The number of rotatable bonds is 4. The topological polar surface area (TPSA) is 62.3 Å². The summed E-state index contributed by atoms with van der Waals surface area (Å²) in [5, 5.41) is 3.64. The highest BCUT2D eigenvalue weighted by Crippen LogP contribution is 2.24. The third kappa shape index (κ3) is 4.32. The van der Waals surface area contributed by atoms with Crippen molar-refractivity contribution < 1.29 is 14.0 Å². The summed E-state index contributed by atoms with van der Waals surface area (Å²) < 4.78 is 13.6. The molecule has 2 heterocycles. The molecule has 4 rings (SSSR count). The lowest BCUT2D eigenvalue weighted by atomic mass is 9.95. The highest BCUT2D eigenvalue weighted by Gasteiger charge is 2.28. The molecule has 30 heavy (non-hydrogen) atoms. The molecule has 1 aromatic heterocycles. The van der Waals surface area contributed by atoms with E-state index in [-0.39, 0.29) is 23.5 Å². The summed E-state index contributed by atoms with van der Waals surface area (Å²) in [6.45, 7) is 3.35. The molecule has 0 radical (unpaired) electrons. The van der Waals surface area contributed by atoms with Crippen molar-refractivity contribution in [3.8, 4) is 0 Å². The maximum atomic E-state index is 13.6. The van der Waals surface area contributed by atoms with Crippen LogP contribution in [-0.2, 0) is 11.3 Å². The van der Waals surface area contributed by atoms with E-state index in [4.69, 9.17) is 0 Å². The summed E-state index contributed by atoms with van der Waals surface area (Å²) >= 11 is 0. The standard InChI is InChI=1S/C24H24FN3O2/c1-16-13-21(20-8-7-19(25)14-22(20)27-16)24(30)28-11-9-18(10-12-28)23(29)26-15-17-5-3-2-4-6-17/h2-8,13-14,18H,9-12,15H2,1H3,(H,26,29). The number of carbonyl (C=O) groups is 2. The second-order valence-electron chi connectivity index (χ2n) is 7.74. The van der Waals surface area contributed by atoms with Gasteiger partial charge in [0.25, 0.3) is 5.91 Å². The van der Waals surface area contributed by atoms with Gasteiger partial charge in [0.15, 0.2) is 0 Å². The van der Waals surface area contributed by atoms with Gasteiger partial charge in [0.1, 0.15) is 5.82 Å². The van der Waals surface area contributed by atoms with Gasteiger partial charge in [0, 0.05) is 42.7 Å². The van der Waals surface area contributed by atoms with E-state index in [2.05, 4.69) is 10.3 Å². The molecule has 0 spiro atoms. The molecule has 2 aromatic carbocycles. The summed E-state index contributed by atoms with van der Waals surface area (Å²) in [7, 11) is 0. The van der Waals surface area contributed by atoms with E-state index < -0.39 is 0 Å². The van der Waals surface area contributed by atoms with Crippen molar-refractivity contribution in [2.45, 2.75) is 26.3 Å². The zero-order valence-corrected chi connectivity index (χ0v) is 16.9. The lowest BCUT2D eigenvalue weighted by Gasteiger charge is -2.31. The van der Waals surface area contributed by atoms with Crippen LogP contribution in [0.1, 0.15) is 34.5 Å².